The number of aromatic nitrogens is 1. The molecular formula is C6H8N2U. The molecule has 1 rings (SSSR count). The number of nitrogens with zero attached hydrogens (tertiary/aromatic N) is 1. The molecule has 2 nitrogen and oxygen atoms in total. The van der Waals surface area contributed by atoms with Crippen LogP contribution < -0.4 is 5.73 Å². The average Bonchev–Trinajstić information content (AvgIpc) is 1.69. The van der Waals surface area contributed by atoms with Crippen molar-refractivity contribution in [1.82, 2.24) is 4.98 Å². The fourth-order valence-corrected chi connectivity index (χ4v) is 0.339. The Labute approximate surface area is 79.2 Å². The van der Waals surface area contributed by atoms with Gasteiger partial charge in [-0.3, -0.25) is 0 Å². The van der Waals surface area contributed by atoms with Gasteiger partial charge in [0.1, 0.15) is 0 Å². The van der Waals surface area contributed by atoms with Gasteiger partial charge in [-0.05, 0) is 0 Å². The minimum atomic E-state index is 0. The van der Waals surface area contributed by atoms with Gasteiger partial charge in [0, 0.05) is 5.82 Å². The van der Waals surface area contributed by atoms with E-state index in [4.69, 9.17) is 5.73 Å². The van der Waals surface area contributed by atoms with E-state index in [1.54, 1.807) is 18.2 Å². The van der Waals surface area contributed by atoms with E-state index in [2.05, 4.69) is 11.2 Å². The molecule has 0 saturated carbocycles. The van der Waals surface area contributed by atoms with Crippen molar-refractivity contribution in [1.29, 1.82) is 0 Å². The molecule has 0 aliphatic rings. The third kappa shape index (κ3) is 4.50. The van der Waals surface area contributed by atoms with Gasteiger partial charge >= 0.3 is 31.1 Å². The number of hydrogen-bond donors (Lipinski definition) is 1. The van der Waals surface area contributed by atoms with E-state index in [1.165, 1.54) is 0 Å². The standard InChI is InChI=1S/C5H5N2.CH3.U/c6-5-3-1-2-4-7-5;;/h1-3H,(H2,6,7);1H3;/q2*-1;+2. The van der Waals surface area contributed by atoms with Crippen molar-refractivity contribution in [2.75, 3.05) is 5.73 Å². The Morgan fingerprint density at radius 1 is 1.56 bits per heavy atom. The predicted molar refractivity (Wildman–Crippen MR) is 33.9 cm³/mol. The second kappa shape index (κ2) is 6.13. The molecule has 3 heteroatoms. The van der Waals surface area contributed by atoms with Crippen molar-refractivity contribution in [3.8, 4) is 0 Å². The van der Waals surface area contributed by atoms with Gasteiger partial charge in [-0.1, -0.05) is 6.20 Å². The van der Waals surface area contributed by atoms with Crippen LogP contribution in [0.4, 0.5) is 5.82 Å². The minimum absolute atomic E-state index is 0. The Bertz CT molecular complexity index is 141. The molecule has 0 aliphatic heterocycles. The van der Waals surface area contributed by atoms with E-state index in [0.29, 0.717) is 5.82 Å². The number of pyridine rings is 1. The van der Waals surface area contributed by atoms with Crippen LogP contribution in [-0.4, -0.2) is 4.98 Å². The van der Waals surface area contributed by atoms with Gasteiger partial charge in [-0.15, -0.1) is 6.07 Å². The molecule has 46 valence electrons. The molecule has 0 amide bonds. The zero-order valence-electron chi connectivity index (χ0n) is 5.26. The number of anilines is 1. The maximum absolute atomic E-state index is 5.22. The zero-order valence-corrected chi connectivity index (χ0v) is 9.42. The average molecular weight is 346 g/mol. The first-order valence-corrected chi connectivity index (χ1v) is 1.98. The molecule has 0 unspecified atom stereocenters. The summed E-state index contributed by atoms with van der Waals surface area (Å²) in [5.74, 6) is 0.516. The Kier molecular flexibility index (Phi) is 8.00. The summed E-state index contributed by atoms with van der Waals surface area (Å²) >= 11 is 0. The van der Waals surface area contributed by atoms with Crippen LogP contribution in [0.5, 0.6) is 0 Å². The third-order valence-electron chi connectivity index (χ3n) is 0.631. The van der Waals surface area contributed by atoms with Crippen LogP contribution in [0.15, 0.2) is 18.2 Å². The van der Waals surface area contributed by atoms with Crippen LogP contribution in [0.3, 0.4) is 0 Å². The molecule has 1 aromatic heterocycles. The summed E-state index contributed by atoms with van der Waals surface area (Å²) in [4.78, 5) is 3.63. The van der Waals surface area contributed by atoms with Gasteiger partial charge in [-0.2, -0.15) is 12.1 Å². The normalized spacial score (nSPS) is 6.67. The topological polar surface area (TPSA) is 38.9 Å². The largest absolute Gasteiger partial charge is 2.00 e. The molecule has 1 aromatic rings. The third-order valence-corrected chi connectivity index (χ3v) is 0.631. The van der Waals surface area contributed by atoms with Gasteiger partial charge in [0.15, 0.2) is 0 Å². The van der Waals surface area contributed by atoms with Crippen molar-refractivity contribution in [2.24, 2.45) is 0 Å². The molecule has 2 N–H and O–H groups in total. The van der Waals surface area contributed by atoms with Crippen LogP contribution in [-0.2, 0) is 0 Å². The molecule has 0 radical (unpaired) electrons. The first-order valence-electron chi connectivity index (χ1n) is 1.98. The van der Waals surface area contributed by atoms with E-state index in [-0.39, 0.29) is 38.5 Å². The van der Waals surface area contributed by atoms with E-state index in [9.17, 15) is 0 Å². The summed E-state index contributed by atoms with van der Waals surface area (Å²) in [7, 11) is 0. The first-order chi connectivity index (χ1) is 3.39. The van der Waals surface area contributed by atoms with E-state index in [1.807, 2.05) is 0 Å². The van der Waals surface area contributed by atoms with Gasteiger partial charge in [-0.25, -0.2) is 0 Å². The molecule has 9 heavy (non-hydrogen) atoms. The van der Waals surface area contributed by atoms with Crippen molar-refractivity contribution in [2.45, 2.75) is 0 Å². The predicted octanol–water partition coefficient (Wildman–Crippen LogP) is 0.914. The summed E-state index contributed by atoms with van der Waals surface area (Å²) in [6.07, 6.45) is 2.59. The first kappa shape index (κ1) is 11.8. The quantitative estimate of drug-likeness (QED) is 0.710. The molecular weight excluding hydrogens is 338 g/mol. The Balaban J connectivity index is 0. The minimum Gasteiger partial charge on any atom is -0.435 e. The number of nitrogens with two attached hydrogens (primary N) is 1. The van der Waals surface area contributed by atoms with Gasteiger partial charge in [0.2, 0.25) is 0 Å². The monoisotopic (exact) mass is 346 g/mol. The van der Waals surface area contributed by atoms with E-state index < -0.39 is 0 Å². The maximum Gasteiger partial charge on any atom is 2.00 e. The van der Waals surface area contributed by atoms with Gasteiger partial charge < -0.3 is 18.1 Å². The smallest absolute Gasteiger partial charge is 0.435 e. The second-order valence-corrected chi connectivity index (χ2v) is 1.19. The molecule has 0 aromatic carbocycles. The fourth-order valence-electron chi connectivity index (χ4n) is 0.339. The summed E-state index contributed by atoms with van der Waals surface area (Å²) in [5.41, 5.74) is 5.22. The molecule has 0 spiro atoms. The molecule has 0 bridgehead atoms. The Morgan fingerprint density at radius 2 is 2.22 bits per heavy atom. The molecule has 0 fully saturated rings. The van der Waals surface area contributed by atoms with E-state index >= 15 is 0 Å². The van der Waals surface area contributed by atoms with Crippen molar-refractivity contribution < 1.29 is 31.1 Å². The SMILES string of the molecule is Nc1ccc[c-]n1.[CH3-].[U+2]. The number of hydrogen-bond acceptors (Lipinski definition) is 2. The van der Waals surface area contributed by atoms with Crippen LogP contribution >= 0.6 is 0 Å². The molecule has 0 aliphatic carbocycles. The van der Waals surface area contributed by atoms with Crippen molar-refractivity contribution in [3.05, 3.63) is 31.8 Å². The van der Waals surface area contributed by atoms with Crippen molar-refractivity contribution in [3.63, 3.8) is 0 Å². The number of rotatable bonds is 0. The Hall–Kier alpha value is 0.00195. The summed E-state index contributed by atoms with van der Waals surface area (Å²) in [6, 6.07) is 5.22. The van der Waals surface area contributed by atoms with E-state index in [0.717, 1.165) is 0 Å². The van der Waals surface area contributed by atoms with Crippen LogP contribution in [0.2, 0.25) is 0 Å². The van der Waals surface area contributed by atoms with Crippen LogP contribution in [0, 0.1) is 44.7 Å². The molecule has 1 heterocycles. The second-order valence-electron chi connectivity index (χ2n) is 1.19. The number of nitrogen functional groups attached to an aromatic ring is 1. The van der Waals surface area contributed by atoms with Crippen LogP contribution in [0.25, 0.3) is 0 Å². The zero-order chi connectivity index (χ0) is 5.11. The van der Waals surface area contributed by atoms with Crippen molar-refractivity contribution >= 4 is 5.82 Å². The fraction of sp³-hybridized carbons (Fsp3) is 0. The maximum atomic E-state index is 5.22. The Morgan fingerprint density at radius 3 is 2.44 bits per heavy atom. The summed E-state index contributed by atoms with van der Waals surface area (Å²) in [6.45, 7) is 0. The molecule has 0 atom stereocenters. The summed E-state index contributed by atoms with van der Waals surface area (Å²) in [5, 5.41) is 0. The van der Waals surface area contributed by atoms with Gasteiger partial charge in [0.05, 0.1) is 0 Å². The van der Waals surface area contributed by atoms with Crippen LogP contribution in [0.1, 0.15) is 0 Å². The van der Waals surface area contributed by atoms with Gasteiger partial charge in [0.25, 0.3) is 0 Å². The summed E-state index contributed by atoms with van der Waals surface area (Å²) < 4.78 is 0. The molecule has 0 saturated heterocycles.